The van der Waals surface area contributed by atoms with Crippen molar-refractivity contribution in [2.24, 2.45) is 0 Å². The predicted molar refractivity (Wildman–Crippen MR) is 74.8 cm³/mol. The van der Waals surface area contributed by atoms with Crippen LogP contribution in [0.5, 0.6) is 0 Å². The third-order valence-electron chi connectivity index (χ3n) is 2.04. The molecule has 0 N–H and O–H groups in total. The van der Waals surface area contributed by atoms with Crippen LogP contribution in [0, 0.1) is 0 Å². The van der Waals surface area contributed by atoms with Gasteiger partial charge in [-0.25, -0.2) is 8.42 Å². The normalized spacial score (nSPS) is 14.3. The van der Waals surface area contributed by atoms with Crippen LogP contribution in [0.15, 0.2) is 0 Å². The fraction of sp³-hybridized carbons (Fsp3) is 0.889. The number of carbonyl (C=O) groups is 1. The molecule has 0 aliphatic rings. The Morgan fingerprint density at radius 3 is 1.64 bits per heavy atom. The SMILES string of the molecule is CCOC(=O)CC[S+](CC)S(=O)(=O)C(F)(F)F.O=S(=O)([O-])C(F)(F)F. The van der Waals surface area contributed by atoms with Gasteiger partial charge >= 0.3 is 25.9 Å². The molecular weight excluding hydrogens is 430 g/mol. The molecule has 0 spiro atoms. The Labute approximate surface area is 142 Å². The molecule has 1 unspecified atom stereocenters. The standard InChI is InChI=1S/C8H14F3O4S2.CHF3O3S/c1-3-15-7(12)5-6-16(4-2)17(13,14)8(9,10)11;2-1(3,4)8(5,6)7/h3-6H2,1-2H3;(H,5,6,7)/q+1;/p-1. The second-order valence-corrected chi connectivity index (χ2v) is 11.1. The molecule has 0 aliphatic carbocycles. The highest BCUT2D eigenvalue weighted by atomic mass is 33.2. The van der Waals surface area contributed by atoms with Crippen molar-refractivity contribution in [1.29, 1.82) is 0 Å². The number of esters is 1. The minimum atomic E-state index is -6.09. The molecule has 0 bridgehead atoms. The van der Waals surface area contributed by atoms with Gasteiger partial charge < -0.3 is 9.29 Å². The van der Waals surface area contributed by atoms with Crippen LogP contribution in [-0.4, -0.2) is 56.5 Å². The first kappa shape index (κ1) is 26.5. The molecule has 152 valence electrons. The van der Waals surface area contributed by atoms with E-state index in [0.29, 0.717) is 0 Å². The van der Waals surface area contributed by atoms with Crippen LogP contribution in [0.3, 0.4) is 0 Å². The monoisotopic (exact) mass is 444 g/mol. The minimum absolute atomic E-state index is 0.116. The molecule has 0 aromatic carbocycles. The summed E-state index contributed by atoms with van der Waals surface area (Å²) in [4.78, 5) is 10.9. The van der Waals surface area contributed by atoms with Crippen LogP contribution in [0.2, 0.25) is 0 Å². The molecule has 0 saturated heterocycles. The summed E-state index contributed by atoms with van der Waals surface area (Å²) in [6.07, 6.45) is -0.319. The lowest BCUT2D eigenvalue weighted by Crippen LogP contribution is -2.34. The van der Waals surface area contributed by atoms with Gasteiger partial charge in [0.1, 0.15) is 21.4 Å². The highest BCUT2D eigenvalue weighted by molar-refractivity contribution is 8.69. The summed E-state index contributed by atoms with van der Waals surface area (Å²) < 4.78 is 122. The molecule has 1 atom stereocenters. The Hall–Kier alpha value is -0.740. The fourth-order valence-electron chi connectivity index (χ4n) is 0.973. The molecule has 0 aromatic heterocycles. The largest absolute Gasteiger partial charge is 0.741 e. The second kappa shape index (κ2) is 9.82. The van der Waals surface area contributed by atoms with Crippen molar-refractivity contribution in [2.45, 2.75) is 31.3 Å². The van der Waals surface area contributed by atoms with Gasteiger partial charge in [-0.15, -0.1) is 0 Å². The van der Waals surface area contributed by atoms with E-state index >= 15 is 0 Å². The summed E-state index contributed by atoms with van der Waals surface area (Å²) in [5.74, 6) is -1.20. The summed E-state index contributed by atoms with van der Waals surface area (Å²) in [6.45, 7) is 3.02. The maximum atomic E-state index is 12.2. The lowest BCUT2D eigenvalue weighted by atomic mass is 10.5. The molecule has 0 aliphatic heterocycles. The molecule has 25 heavy (non-hydrogen) atoms. The summed E-state index contributed by atoms with van der Waals surface area (Å²) in [6, 6.07) is 0. The Bertz CT molecular complexity index is 623. The number of rotatable bonds is 6. The molecule has 0 rings (SSSR count). The van der Waals surface area contributed by atoms with E-state index in [0.717, 1.165) is 0 Å². The highest BCUT2D eigenvalue weighted by Crippen LogP contribution is 2.30. The van der Waals surface area contributed by atoms with Gasteiger partial charge in [0.15, 0.2) is 10.1 Å². The second-order valence-electron chi connectivity index (χ2n) is 3.79. The van der Waals surface area contributed by atoms with Crippen LogP contribution in [0.4, 0.5) is 26.3 Å². The van der Waals surface area contributed by atoms with Gasteiger partial charge in [0.25, 0.3) is 0 Å². The lowest BCUT2D eigenvalue weighted by Gasteiger charge is -2.09. The topological polar surface area (TPSA) is 118 Å². The van der Waals surface area contributed by atoms with E-state index in [1.165, 1.54) is 6.92 Å². The fourth-order valence-corrected chi connectivity index (χ4v) is 5.09. The number of ether oxygens (including phenoxy) is 1. The highest BCUT2D eigenvalue weighted by Gasteiger charge is 2.57. The summed E-state index contributed by atoms with van der Waals surface area (Å²) in [5.41, 5.74) is -10.9. The number of alkyl halides is 6. The summed E-state index contributed by atoms with van der Waals surface area (Å²) in [5, 5.41) is 0. The van der Waals surface area contributed by atoms with Crippen molar-refractivity contribution in [3.63, 3.8) is 0 Å². The molecule has 0 aromatic rings. The van der Waals surface area contributed by atoms with E-state index in [4.69, 9.17) is 13.0 Å². The number of halogens is 6. The number of hydrogen-bond donors (Lipinski definition) is 0. The molecule has 0 heterocycles. The van der Waals surface area contributed by atoms with Crippen LogP contribution < -0.4 is 0 Å². The first-order valence-corrected chi connectivity index (χ1v) is 11.1. The van der Waals surface area contributed by atoms with Crippen LogP contribution in [0.25, 0.3) is 0 Å². The third-order valence-corrected chi connectivity index (χ3v) is 8.73. The van der Waals surface area contributed by atoms with Crippen molar-refractivity contribution < 1.29 is 57.3 Å². The van der Waals surface area contributed by atoms with Crippen molar-refractivity contribution in [2.75, 3.05) is 18.1 Å². The Kier molecular flexibility index (Phi) is 10.4. The quantitative estimate of drug-likeness (QED) is 0.152. The van der Waals surface area contributed by atoms with Gasteiger partial charge in [-0.05, 0) is 13.8 Å². The van der Waals surface area contributed by atoms with Gasteiger partial charge in [-0.1, -0.05) is 0 Å². The molecule has 16 heteroatoms. The van der Waals surface area contributed by atoms with E-state index in [-0.39, 0.29) is 24.5 Å². The van der Waals surface area contributed by atoms with Gasteiger partial charge in [0.05, 0.1) is 13.0 Å². The lowest BCUT2D eigenvalue weighted by molar-refractivity contribution is -0.142. The molecule has 0 fully saturated rings. The molecule has 0 amide bonds. The third kappa shape index (κ3) is 9.50. The van der Waals surface area contributed by atoms with E-state index < -0.39 is 45.9 Å². The Morgan fingerprint density at radius 1 is 1.00 bits per heavy atom. The number of carbonyl (C=O) groups excluding carboxylic acids is 1. The first-order valence-electron chi connectivity index (χ1n) is 6.08. The van der Waals surface area contributed by atoms with E-state index in [2.05, 4.69) is 4.74 Å². The van der Waals surface area contributed by atoms with E-state index in [1.54, 1.807) is 6.92 Å². The zero-order valence-corrected chi connectivity index (χ0v) is 15.1. The van der Waals surface area contributed by atoms with Gasteiger partial charge in [0.2, 0.25) is 0 Å². The van der Waals surface area contributed by atoms with Crippen molar-refractivity contribution >= 4 is 34.9 Å². The van der Waals surface area contributed by atoms with Crippen molar-refractivity contribution in [3.8, 4) is 0 Å². The predicted octanol–water partition coefficient (Wildman–Crippen LogP) is 1.48. The van der Waals surface area contributed by atoms with Crippen molar-refractivity contribution in [3.05, 3.63) is 0 Å². The number of hydrogen-bond acceptors (Lipinski definition) is 7. The average molecular weight is 444 g/mol. The van der Waals surface area contributed by atoms with E-state index in [9.17, 15) is 39.6 Å². The van der Waals surface area contributed by atoms with Crippen LogP contribution in [0.1, 0.15) is 20.3 Å². The van der Waals surface area contributed by atoms with Crippen LogP contribution in [-0.2, 0) is 38.4 Å². The zero-order chi connectivity index (χ0) is 20.7. The smallest absolute Gasteiger partial charge is 0.543 e. The van der Waals surface area contributed by atoms with Gasteiger partial charge in [-0.2, -0.15) is 34.8 Å². The molecule has 0 radical (unpaired) electrons. The van der Waals surface area contributed by atoms with Gasteiger partial charge in [0, 0.05) is 0 Å². The van der Waals surface area contributed by atoms with E-state index in [1.807, 2.05) is 0 Å². The van der Waals surface area contributed by atoms with Crippen molar-refractivity contribution in [1.82, 2.24) is 0 Å². The zero-order valence-electron chi connectivity index (χ0n) is 12.7. The summed E-state index contributed by atoms with van der Waals surface area (Å²) >= 11 is 0. The Morgan fingerprint density at radius 2 is 1.40 bits per heavy atom. The minimum Gasteiger partial charge on any atom is -0.741 e. The van der Waals surface area contributed by atoms with Crippen LogP contribution >= 0.6 is 0 Å². The maximum absolute atomic E-state index is 12.2. The Balaban J connectivity index is 0. The molecule has 0 saturated carbocycles. The molecular formula is C9H14F6O7S3. The summed E-state index contributed by atoms with van der Waals surface area (Å²) in [7, 11) is -13.2. The molecule has 7 nitrogen and oxygen atoms in total. The first-order chi connectivity index (χ1) is 10.9. The van der Waals surface area contributed by atoms with Gasteiger partial charge in [-0.3, -0.25) is 4.79 Å². The average Bonchev–Trinajstić information content (AvgIpc) is 2.36. The maximum Gasteiger partial charge on any atom is 0.543 e.